The highest BCUT2D eigenvalue weighted by molar-refractivity contribution is 7.98. The Morgan fingerprint density at radius 3 is 2.69 bits per heavy atom. The third-order valence-electron chi connectivity index (χ3n) is 4.10. The van der Waals surface area contributed by atoms with Crippen LogP contribution in [0.15, 0.2) is 58.5 Å². The summed E-state index contributed by atoms with van der Waals surface area (Å²) in [7, 11) is 0. The van der Waals surface area contributed by atoms with Gasteiger partial charge in [-0.05, 0) is 17.9 Å². The number of nitrogens with zero attached hydrogens (tertiary/aromatic N) is 3. The molecule has 0 aliphatic rings. The Hall–Kier alpha value is -2.71. The summed E-state index contributed by atoms with van der Waals surface area (Å²) in [5.41, 5.74) is 1.43. The average Bonchev–Trinajstić information content (AvgIpc) is 3.02. The zero-order valence-corrected chi connectivity index (χ0v) is 15.3. The summed E-state index contributed by atoms with van der Waals surface area (Å²) in [4.78, 5) is 28.4. The molecule has 6 nitrogen and oxygen atoms in total. The van der Waals surface area contributed by atoms with Crippen molar-refractivity contribution in [3.8, 4) is 0 Å². The van der Waals surface area contributed by atoms with Gasteiger partial charge in [0.15, 0.2) is 5.16 Å². The normalized spacial score (nSPS) is 11.3. The van der Waals surface area contributed by atoms with Crippen LogP contribution in [0.4, 0.5) is 5.69 Å². The minimum absolute atomic E-state index is 0.00170. The summed E-state index contributed by atoms with van der Waals surface area (Å²) in [5.74, 6) is 0. The van der Waals surface area contributed by atoms with E-state index in [4.69, 9.17) is 0 Å². The maximum Gasteiger partial charge on any atom is 0.272 e. The number of thiophene rings is 1. The maximum absolute atomic E-state index is 13.1. The van der Waals surface area contributed by atoms with E-state index in [1.165, 1.54) is 35.2 Å². The molecule has 0 N–H and O–H groups in total. The van der Waals surface area contributed by atoms with Crippen LogP contribution in [0.5, 0.6) is 0 Å². The molecule has 4 rings (SSSR count). The standard InChI is InChI=1S/C18H13N3O3S2/c1-25-18-19-15-13-9-12(21(23)24)7-8-14(13)26-16(15)17(22)20(18)10-11-5-3-2-4-6-11/h2-9H,10H2,1H3. The molecule has 0 aliphatic carbocycles. The Bertz CT molecular complexity index is 1200. The number of fused-ring (bicyclic) bond motifs is 3. The van der Waals surface area contributed by atoms with Crippen LogP contribution < -0.4 is 5.56 Å². The Morgan fingerprint density at radius 2 is 2.00 bits per heavy atom. The van der Waals surface area contributed by atoms with Gasteiger partial charge in [-0.25, -0.2) is 4.98 Å². The van der Waals surface area contributed by atoms with Gasteiger partial charge in [-0.3, -0.25) is 19.5 Å². The van der Waals surface area contributed by atoms with Crippen LogP contribution in [0.25, 0.3) is 20.3 Å². The van der Waals surface area contributed by atoms with Crippen molar-refractivity contribution >= 4 is 49.1 Å². The molecule has 0 atom stereocenters. The van der Waals surface area contributed by atoms with Crippen molar-refractivity contribution in [1.29, 1.82) is 0 Å². The van der Waals surface area contributed by atoms with Gasteiger partial charge in [0.1, 0.15) is 4.70 Å². The summed E-state index contributed by atoms with van der Waals surface area (Å²) in [6.45, 7) is 0.438. The quantitative estimate of drug-likeness (QED) is 0.227. The summed E-state index contributed by atoms with van der Waals surface area (Å²) in [6, 6.07) is 14.4. The SMILES string of the molecule is CSc1nc2c(sc3ccc([N+](=O)[O-])cc32)c(=O)n1Cc1ccccc1. The summed E-state index contributed by atoms with van der Waals surface area (Å²) >= 11 is 2.71. The zero-order chi connectivity index (χ0) is 18.3. The number of benzene rings is 2. The van der Waals surface area contributed by atoms with Crippen LogP contribution in [0.2, 0.25) is 0 Å². The van der Waals surface area contributed by atoms with Gasteiger partial charge in [-0.2, -0.15) is 0 Å². The van der Waals surface area contributed by atoms with E-state index in [9.17, 15) is 14.9 Å². The van der Waals surface area contributed by atoms with Gasteiger partial charge < -0.3 is 0 Å². The van der Waals surface area contributed by atoms with Crippen LogP contribution in [-0.2, 0) is 6.54 Å². The molecule has 0 fully saturated rings. The zero-order valence-electron chi connectivity index (χ0n) is 13.7. The fourth-order valence-corrected chi connectivity index (χ4v) is 4.49. The van der Waals surface area contributed by atoms with Crippen molar-refractivity contribution in [1.82, 2.24) is 9.55 Å². The minimum Gasteiger partial charge on any atom is -0.282 e. The molecule has 8 heteroatoms. The number of thioether (sulfide) groups is 1. The summed E-state index contributed by atoms with van der Waals surface area (Å²) < 4.78 is 3.00. The van der Waals surface area contributed by atoms with Crippen LogP contribution in [-0.4, -0.2) is 20.7 Å². The lowest BCUT2D eigenvalue weighted by Gasteiger charge is -2.10. The van der Waals surface area contributed by atoms with E-state index < -0.39 is 4.92 Å². The van der Waals surface area contributed by atoms with Crippen molar-refractivity contribution in [2.75, 3.05) is 6.26 Å². The highest BCUT2D eigenvalue weighted by Gasteiger charge is 2.18. The smallest absolute Gasteiger partial charge is 0.272 e. The van der Waals surface area contributed by atoms with Gasteiger partial charge in [-0.1, -0.05) is 42.1 Å². The maximum atomic E-state index is 13.1. The van der Waals surface area contributed by atoms with Crippen molar-refractivity contribution in [3.63, 3.8) is 0 Å². The molecule has 4 aromatic rings. The number of nitro groups is 1. The number of non-ortho nitro benzene ring substituents is 1. The Morgan fingerprint density at radius 1 is 1.23 bits per heavy atom. The molecule has 0 unspecified atom stereocenters. The van der Waals surface area contributed by atoms with Crippen molar-refractivity contribution in [2.45, 2.75) is 11.7 Å². The Balaban J connectivity index is 1.97. The molecule has 0 bridgehead atoms. The van der Waals surface area contributed by atoms with E-state index in [-0.39, 0.29) is 11.2 Å². The van der Waals surface area contributed by atoms with E-state index in [1.807, 2.05) is 36.6 Å². The molecule has 0 spiro atoms. The van der Waals surface area contributed by atoms with Crippen LogP contribution in [0.3, 0.4) is 0 Å². The molecule has 2 aromatic heterocycles. The average molecular weight is 383 g/mol. The topological polar surface area (TPSA) is 78.0 Å². The molecule has 26 heavy (non-hydrogen) atoms. The number of nitro benzene ring substituents is 1. The molecule has 0 radical (unpaired) electrons. The molecule has 2 heterocycles. The molecular weight excluding hydrogens is 370 g/mol. The van der Waals surface area contributed by atoms with Crippen LogP contribution in [0, 0.1) is 10.1 Å². The predicted octanol–water partition coefficient (Wildman–Crippen LogP) is 4.29. The second-order valence-corrected chi connectivity index (χ2v) is 7.52. The monoisotopic (exact) mass is 383 g/mol. The highest BCUT2D eigenvalue weighted by Crippen LogP contribution is 2.34. The molecule has 0 saturated heterocycles. The Kier molecular flexibility index (Phi) is 4.21. The predicted molar refractivity (Wildman–Crippen MR) is 105 cm³/mol. The van der Waals surface area contributed by atoms with Gasteiger partial charge in [0, 0.05) is 22.2 Å². The molecular formula is C18H13N3O3S2. The molecule has 2 aromatic carbocycles. The lowest BCUT2D eigenvalue weighted by molar-refractivity contribution is -0.384. The summed E-state index contributed by atoms with van der Waals surface area (Å²) in [5, 5.41) is 12.3. The third-order valence-corrected chi connectivity index (χ3v) is 5.92. The first kappa shape index (κ1) is 16.7. The van der Waals surface area contributed by atoms with Gasteiger partial charge in [0.25, 0.3) is 11.2 Å². The van der Waals surface area contributed by atoms with Gasteiger partial charge in [-0.15, -0.1) is 11.3 Å². The number of hydrogen-bond acceptors (Lipinski definition) is 6. The molecule has 0 saturated carbocycles. The largest absolute Gasteiger partial charge is 0.282 e. The number of aromatic nitrogens is 2. The van der Waals surface area contributed by atoms with Gasteiger partial charge in [0.05, 0.1) is 17.0 Å². The van der Waals surface area contributed by atoms with Crippen molar-refractivity contribution < 1.29 is 4.92 Å². The van der Waals surface area contributed by atoms with E-state index in [2.05, 4.69) is 4.98 Å². The minimum atomic E-state index is -0.435. The van der Waals surface area contributed by atoms with E-state index >= 15 is 0 Å². The molecule has 0 amide bonds. The van der Waals surface area contributed by atoms with E-state index in [1.54, 1.807) is 10.6 Å². The highest BCUT2D eigenvalue weighted by atomic mass is 32.2. The third kappa shape index (κ3) is 2.77. The van der Waals surface area contributed by atoms with Gasteiger partial charge in [0.2, 0.25) is 0 Å². The lowest BCUT2D eigenvalue weighted by Crippen LogP contribution is -2.23. The number of rotatable bonds is 4. The molecule has 130 valence electrons. The first-order valence-corrected chi connectivity index (χ1v) is 9.82. The van der Waals surface area contributed by atoms with Crippen molar-refractivity contribution in [3.05, 3.63) is 74.6 Å². The second kappa shape index (κ2) is 6.54. The summed E-state index contributed by atoms with van der Waals surface area (Å²) in [6.07, 6.45) is 1.87. The van der Waals surface area contributed by atoms with Crippen LogP contribution >= 0.6 is 23.1 Å². The first-order valence-electron chi connectivity index (χ1n) is 7.78. The van der Waals surface area contributed by atoms with Crippen molar-refractivity contribution in [2.24, 2.45) is 0 Å². The van der Waals surface area contributed by atoms with Gasteiger partial charge >= 0.3 is 0 Å². The first-order chi connectivity index (χ1) is 12.6. The second-order valence-electron chi connectivity index (χ2n) is 5.69. The number of hydrogen-bond donors (Lipinski definition) is 0. The fourth-order valence-electron chi connectivity index (χ4n) is 2.87. The Labute approximate surface area is 156 Å². The lowest BCUT2D eigenvalue weighted by atomic mass is 10.2. The van der Waals surface area contributed by atoms with Crippen LogP contribution in [0.1, 0.15) is 5.56 Å². The molecule has 0 aliphatic heterocycles. The van der Waals surface area contributed by atoms with E-state index in [0.29, 0.717) is 27.3 Å². The fraction of sp³-hybridized carbons (Fsp3) is 0.111. The van der Waals surface area contributed by atoms with E-state index in [0.717, 1.165) is 10.3 Å².